The SMILES string of the molecule is CC(=O)O.COc1cc(C(Nc2ccc(C(=N)N)cc2)C(=O)NC2(C(=O)O)CCCC2)ccc1OCc1ccccc1. The maximum Gasteiger partial charge on any atom is 0.329 e. The number of hydrogen-bond donors (Lipinski definition) is 6. The Kier molecular flexibility index (Phi) is 10.9. The van der Waals surface area contributed by atoms with E-state index in [4.69, 9.17) is 30.5 Å². The highest BCUT2D eigenvalue weighted by Crippen LogP contribution is 2.34. The lowest BCUT2D eigenvalue weighted by atomic mass is 9.96. The fourth-order valence-corrected chi connectivity index (χ4v) is 4.61. The van der Waals surface area contributed by atoms with Crippen molar-refractivity contribution in [1.82, 2.24) is 5.32 Å². The average Bonchev–Trinajstić information content (AvgIpc) is 3.45. The van der Waals surface area contributed by atoms with Gasteiger partial charge in [0, 0.05) is 18.2 Å². The molecule has 1 aliphatic rings. The molecule has 0 aromatic heterocycles. The number of rotatable bonds is 11. The Morgan fingerprint density at radius 2 is 1.60 bits per heavy atom. The number of ether oxygens (including phenoxy) is 2. The zero-order valence-electron chi connectivity index (χ0n) is 23.6. The first-order chi connectivity index (χ1) is 20.0. The second kappa shape index (κ2) is 14.5. The smallest absolute Gasteiger partial charge is 0.329 e. The van der Waals surface area contributed by atoms with Gasteiger partial charge in [0.15, 0.2) is 11.5 Å². The Morgan fingerprint density at radius 1 is 0.976 bits per heavy atom. The summed E-state index contributed by atoms with van der Waals surface area (Å²) in [7, 11) is 1.52. The number of anilines is 1. The summed E-state index contributed by atoms with van der Waals surface area (Å²) in [6.45, 7) is 1.43. The lowest BCUT2D eigenvalue weighted by Crippen LogP contribution is -2.54. The number of methoxy groups -OCH3 is 1. The Morgan fingerprint density at radius 3 is 2.14 bits per heavy atom. The highest BCUT2D eigenvalue weighted by molar-refractivity contribution is 5.95. The van der Waals surface area contributed by atoms with Gasteiger partial charge in [-0.25, -0.2) is 4.79 Å². The minimum Gasteiger partial charge on any atom is -0.493 e. The molecule has 0 heterocycles. The van der Waals surface area contributed by atoms with Crippen LogP contribution in [0.15, 0.2) is 72.8 Å². The van der Waals surface area contributed by atoms with Crippen LogP contribution in [-0.4, -0.2) is 46.5 Å². The van der Waals surface area contributed by atoms with Gasteiger partial charge in [0.05, 0.1) is 7.11 Å². The molecule has 11 heteroatoms. The van der Waals surface area contributed by atoms with Crippen LogP contribution >= 0.6 is 0 Å². The number of amidine groups is 1. The predicted molar refractivity (Wildman–Crippen MR) is 158 cm³/mol. The van der Waals surface area contributed by atoms with Crippen molar-refractivity contribution < 1.29 is 34.1 Å². The number of nitrogens with one attached hydrogen (secondary N) is 3. The first-order valence-electron chi connectivity index (χ1n) is 13.4. The molecule has 7 N–H and O–H groups in total. The molecule has 0 saturated heterocycles. The van der Waals surface area contributed by atoms with E-state index in [0.717, 1.165) is 25.3 Å². The molecule has 1 amide bonds. The van der Waals surface area contributed by atoms with Gasteiger partial charge >= 0.3 is 5.97 Å². The molecular weight excluding hydrogens is 540 g/mol. The van der Waals surface area contributed by atoms with Crippen LogP contribution in [0, 0.1) is 5.41 Å². The van der Waals surface area contributed by atoms with E-state index in [1.165, 1.54) is 7.11 Å². The van der Waals surface area contributed by atoms with E-state index >= 15 is 0 Å². The summed E-state index contributed by atoms with van der Waals surface area (Å²) in [5.41, 5.74) is 7.00. The monoisotopic (exact) mass is 576 g/mol. The summed E-state index contributed by atoms with van der Waals surface area (Å²) < 4.78 is 11.5. The first kappa shape index (κ1) is 31.5. The molecule has 0 bridgehead atoms. The number of amides is 1. The minimum atomic E-state index is -1.29. The van der Waals surface area contributed by atoms with E-state index in [2.05, 4.69) is 10.6 Å². The van der Waals surface area contributed by atoms with Gasteiger partial charge in [0.25, 0.3) is 5.97 Å². The van der Waals surface area contributed by atoms with E-state index in [1.54, 1.807) is 42.5 Å². The molecule has 222 valence electrons. The summed E-state index contributed by atoms with van der Waals surface area (Å²) in [4.78, 5) is 34.7. The fourth-order valence-electron chi connectivity index (χ4n) is 4.61. The molecule has 3 aromatic rings. The number of nitrogen functional groups attached to an aromatic ring is 1. The quantitative estimate of drug-likeness (QED) is 0.143. The highest BCUT2D eigenvalue weighted by Gasteiger charge is 2.44. The minimum absolute atomic E-state index is 0.0636. The lowest BCUT2D eigenvalue weighted by molar-refractivity contribution is -0.147. The van der Waals surface area contributed by atoms with Crippen LogP contribution in [0.25, 0.3) is 0 Å². The molecule has 1 aliphatic carbocycles. The number of aliphatic carboxylic acids is 2. The van der Waals surface area contributed by atoms with Crippen molar-refractivity contribution >= 4 is 29.4 Å². The summed E-state index contributed by atoms with van der Waals surface area (Å²) in [6, 6.07) is 20.8. The molecule has 1 unspecified atom stereocenters. The predicted octanol–water partition coefficient (Wildman–Crippen LogP) is 4.32. The van der Waals surface area contributed by atoms with E-state index in [1.807, 2.05) is 30.3 Å². The number of carboxylic acid groups (broad SMARTS) is 2. The molecule has 11 nitrogen and oxygen atoms in total. The van der Waals surface area contributed by atoms with Gasteiger partial charge in [0.1, 0.15) is 24.0 Å². The molecule has 1 atom stereocenters. The average molecular weight is 577 g/mol. The van der Waals surface area contributed by atoms with Gasteiger partial charge in [-0.05, 0) is 60.4 Å². The van der Waals surface area contributed by atoms with Gasteiger partial charge in [-0.15, -0.1) is 0 Å². The number of hydrogen-bond acceptors (Lipinski definition) is 7. The van der Waals surface area contributed by atoms with Crippen molar-refractivity contribution in [2.45, 2.75) is 50.8 Å². The molecule has 1 saturated carbocycles. The molecular formula is C31H36N4O7. The standard InChI is InChI=1S/C29H32N4O5.C2H4O2/c1-37-24-17-21(11-14-23(24)38-18-19-7-3-2-4-8-19)25(32-22-12-9-20(10-13-22)26(30)31)27(34)33-29(28(35)36)15-5-6-16-29;1-2(3)4/h2-4,7-14,17,25,32H,5-6,15-16,18H2,1H3,(H3,30,31)(H,33,34)(H,35,36);1H3,(H,3,4). The van der Waals surface area contributed by atoms with Crippen molar-refractivity contribution in [3.63, 3.8) is 0 Å². The zero-order valence-corrected chi connectivity index (χ0v) is 23.6. The van der Waals surface area contributed by atoms with E-state index in [9.17, 15) is 14.7 Å². The van der Waals surface area contributed by atoms with Crippen LogP contribution in [-0.2, 0) is 21.0 Å². The number of nitrogens with two attached hydrogens (primary N) is 1. The van der Waals surface area contributed by atoms with Gasteiger partial charge in [-0.2, -0.15) is 0 Å². The van der Waals surface area contributed by atoms with Crippen LogP contribution in [0.1, 0.15) is 55.3 Å². The number of carboxylic acids is 2. The normalized spacial score (nSPS) is 14.0. The van der Waals surface area contributed by atoms with Crippen LogP contribution < -0.4 is 25.8 Å². The molecule has 1 fully saturated rings. The van der Waals surface area contributed by atoms with E-state index < -0.39 is 29.4 Å². The zero-order chi connectivity index (χ0) is 30.7. The Labute approximate surface area is 244 Å². The molecule has 0 radical (unpaired) electrons. The van der Waals surface area contributed by atoms with Crippen LogP contribution in [0.3, 0.4) is 0 Å². The number of carbonyl (C=O) groups is 3. The number of carbonyl (C=O) groups excluding carboxylic acids is 1. The third-order valence-electron chi connectivity index (χ3n) is 6.76. The Bertz CT molecular complexity index is 1380. The van der Waals surface area contributed by atoms with Crippen molar-refractivity contribution in [2.75, 3.05) is 12.4 Å². The first-order valence-corrected chi connectivity index (χ1v) is 13.4. The van der Waals surface area contributed by atoms with Crippen LogP contribution in [0.5, 0.6) is 11.5 Å². The Hall–Kier alpha value is -5.06. The van der Waals surface area contributed by atoms with Gasteiger partial charge in [-0.3, -0.25) is 15.0 Å². The third kappa shape index (κ3) is 8.47. The van der Waals surface area contributed by atoms with Crippen molar-refractivity contribution in [3.8, 4) is 11.5 Å². The van der Waals surface area contributed by atoms with Gasteiger partial charge < -0.3 is 36.1 Å². The molecule has 0 spiro atoms. The largest absolute Gasteiger partial charge is 0.493 e. The molecule has 0 aliphatic heterocycles. The Balaban J connectivity index is 0.00000114. The maximum absolute atomic E-state index is 13.6. The van der Waals surface area contributed by atoms with Crippen molar-refractivity contribution in [1.29, 1.82) is 5.41 Å². The second-order valence-electron chi connectivity index (χ2n) is 9.86. The molecule has 3 aromatic carbocycles. The van der Waals surface area contributed by atoms with Gasteiger partial charge in [-0.1, -0.05) is 49.2 Å². The highest BCUT2D eigenvalue weighted by atomic mass is 16.5. The second-order valence-corrected chi connectivity index (χ2v) is 9.86. The summed E-state index contributed by atoms with van der Waals surface area (Å²) in [6.07, 6.45) is 2.23. The lowest BCUT2D eigenvalue weighted by Gasteiger charge is -2.29. The maximum atomic E-state index is 13.6. The van der Waals surface area contributed by atoms with E-state index in [0.29, 0.717) is 47.8 Å². The van der Waals surface area contributed by atoms with E-state index in [-0.39, 0.29) is 5.84 Å². The van der Waals surface area contributed by atoms with Crippen molar-refractivity contribution in [3.05, 3.63) is 89.5 Å². The fraction of sp³-hybridized carbons (Fsp3) is 0.290. The van der Waals surface area contributed by atoms with Crippen molar-refractivity contribution in [2.24, 2.45) is 5.73 Å². The van der Waals surface area contributed by atoms with Crippen LogP contribution in [0.4, 0.5) is 5.69 Å². The number of benzene rings is 3. The topological polar surface area (TPSA) is 184 Å². The summed E-state index contributed by atoms with van der Waals surface area (Å²) in [5, 5.41) is 30.9. The van der Waals surface area contributed by atoms with Gasteiger partial charge in [0.2, 0.25) is 5.91 Å². The molecule has 42 heavy (non-hydrogen) atoms. The summed E-state index contributed by atoms with van der Waals surface area (Å²) >= 11 is 0. The third-order valence-corrected chi connectivity index (χ3v) is 6.76. The summed E-state index contributed by atoms with van der Waals surface area (Å²) in [5.74, 6) is -1.44. The molecule has 4 rings (SSSR count). The van der Waals surface area contributed by atoms with Crippen LogP contribution in [0.2, 0.25) is 0 Å².